The summed E-state index contributed by atoms with van der Waals surface area (Å²) in [4.78, 5) is 19.2. The molecular weight excluding hydrogens is 326 g/mol. The van der Waals surface area contributed by atoms with Gasteiger partial charge in [-0.3, -0.25) is 19.4 Å². The van der Waals surface area contributed by atoms with Crippen LogP contribution in [-0.2, 0) is 24.4 Å². The smallest absolute Gasteiger partial charge is 0.220 e. The van der Waals surface area contributed by atoms with E-state index in [9.17, 15) is 4.79 Å². The van der Waals surface area contributed by atoms with Gasteiger partial charge in [0, 0.05) is 51.0 Å². The van der Waals surface area contributed by atoms with Crippen molar-refractivity contribution in [3.8, 4) is 0 Å². The zero-order valence-corrected chi connectivity index (χ0v) is 15.4. The Balaban J connectivity index is 1.46. The first kappa shape index (κ1) is 17.2. The molecule has 2 aliphatic rings. The highest BCUT2D eigenvalue weighted by molar-refractivity contribution is 5.76. The minimum Gasteiger partial charge on any atom is -0.355 e. The Morgan fingerprint density at radius 2 is 2.15 bits per heavy atom. The van der Waals surface area contributed by atoms with Gasteiger partial charge >= 0.3 is 0 Å². The van der Waals surface area contributed by atoms with Crippen LogP contribution in [0.5, 0.6) is 0 Å². The van der Waals surface area contributed by atoms with Gasteiger partial charge in [-0.25, -0.2) is 0 Å². The zero-order chi connectivity index (χ0) is 17.9. The number of carbonyl (C=O) groups excluding carboxylic acids is 1. The second-order valence-electron chi connectivity index (χ2n) is 7.61. The summed E-state index contributed by atoms with van der Waals surface area (Å²) in [5.74, 6) is 0.824. The molecule has 0 aromatic carbocycles. The third-order valence-electron chi connectivity index (χ3n) is 5.54. The van der Waals surface area contributed by atoms with Crippen LogP contribution < -0.4 is 5.32 Å². The van der Waals surface area contributed by atoms with Gasteiger partial charge in [0.25, 0.3) is 0 Å². The van der Waals surface area contributed by atoms with Crippen LogP contribution in [0, 0.1) is 12.8 Å². The average Bonchev–Trinajstić information content (AvgIpc) is 3.36. The molecule has 2 aromatic heterocycles. The fraction of sp³-hybridized carbons (Fsp3) is 0.550. The van der Waals surface area contributed by atoms with E-state index in [1.54, 1.807) is 0 Å². The van der Waals surface area contributed by atoms with Gasteiger partial charge in [-0.1, -0.05) is 6.07 Å². The van der Waals surface area contributed by atoms with Gasteiger partial charge in [0.2, 0.25) is 5.91 Å². The molecular formula is C20H27N5O. The Morgan fingerprint density at radius 1 is 1.27 bits per heavy atom. The average molecular weight is 353 g/mol. The number of aromatic nitrogens is 3. The molecule has 4 rings (SSSR count). The molecule has 0 unspecified atom stereocenters. The predicted octanol–water partition coefficient (Wildman–Crippen LogP) is 2.28. The Kier molecular flexibility index (Phi) is 5.02. The molecule has 0 spiro atoms. The summed E-state index contributed by atoms with van der Waals surface area (Å²) >= 11 is 0. The van der Waals surface area contributed by atoms with E-state index >= 15 is 0 Å². The zero-order valence-electron chi connectivity index (χ0n) is 15.4. The molecule has 1 saturated carbocycles. The third kappa shape index (κ3) is 4.12. The molecule has 1 aliphatic heterocycles. The number of nitrogens with one attached hydrogen (secondary N) is 1. The standard InChI is InChI=1S/C20H27N5O/c1-15-3-2-8-21-19(15)14-24-13-18-6-9-23-25(18)10-7-17(24)12-22-20(26)11-16-4-5-16/h2-3,6,8-9,16-17H,4-5,7,10-14H2,1H3,(H,22,26)/t17-/m0/s1. The minimum absolute atomic E-state index is 0.198. The van der Waals surface area contributed by atoms with E-state index < -0.39 is 0 Å². The van der Waals surface area contributed by atoms with Crippen molar-refractivity contribution in [2.75, 3.05) is 6.54 Å². The van der Waals surface area contributed by atoms with Crippen LogP contribution in [-0.4, -0.2) is 38.2 Å². The maximum Gasteiger partial charge on any atom is 0.220 e. The summed E-state index contributed by atoms with van der Waals surface area (Å²) in [6.07, 6.45) is 7.82. The maximum absolute atomic E-state index is 12.1. The first-order valence-corrected chi connectivity index (χ1v) is 9.61. The summed E-state index contributed by atoms with van der Waals surface area (Å²) in [6, 6.07) is 6.47. The first-order valence-electron chi connectivity index (χ1n) is 9.61. The van der Waals surface area contributed by atoms with Gasteiger partial charge in [-0.2, -0.15) is 5.10 Å². The number of hydrogen-bond donors (Lipinski definition) is 1. The number of hydrogen-bond acceptors (Lipinski definition) is 4. The maximum atomic E-state index is 12.1. The SMILES string of the molecule is Cc1cccnc1CN1Cc2ccnn2CC[C@H]1CNC(=O)CC1CC1. The van der Waals surface area contributed by atoms with Gasteiger partial charge < -0.3 is 5.32 Å². The topological polar surface area (TPSA) is 63.1 Å². The summed E-state index contributed by atoms with van der Waals surface area (Å²) in [5, 5.41) is 7.61. The van der Waals surface area contributed by atoms with Crippen molar-refractivity contribution in [3.05, 3.63) is 47.5 Å². The predicted molar refractivity (Wildman–Crippen MR) is 99.2 cm³/mol. The van der Waals surface area contributed by atoms with Gasteiger partial charge in [0.15, 0.2) is 0 Å². The molecule has 138 valence electrons. The molecule has 0 radical (unpaired) electrons. The normalized spacial score (nSPS) is 20.4. The lowest BCUT2D eigenvalue weighted by atomic mass is 10.1. The van der Waals surface area contributed by atoms with Gasteiger partial charge in [-0.15, -0.1) is 0 Å². The molecule has 1 atom stereocenters. The Bertz CT molecular complexity index is 767. The Morgan fingerprint density at radius 3 is 2.96 bits per heavy atom. The van der Waals surface area contributed by atoms with Crippen LogP contribution >= 0.6 is 0 Å². The number of amides is 1. The molecule has 1 fully saturated rings. The van der Waals surface area contributed by atoms with Gasteiger partial charge in [-0.05, 0) is 49.8 Å². The minimum atomic E-state index is 0.198. The molecule has 6 nitrogen and oxygen atoms in total. The fourth-order valence-corrected chi connectivity index (χ4v) is 3.67. The summed E-state index contributed by atoms with van der Waals surface area (Å²) in [5.41, 5.74) is 3.54. The highest BCUT2D eigenvalue weighted by Gasteiger charge is 2.27. The molecule has 3 heterocycles. The van der Waals surface area contributed by atoms with Crippen molar-refractivity contribution in [2.45, 2.75) is 58.3 Å². The highest BCUT2D eigenvalue weighted by atomic mass is 16.1. The molecule has 0 bridgehead atoms. The second-order valence-corrected chi connectivity index (χ2v) is 7.61. The van der Waals surface area contributed by atoms with Crippen LogP contribution in [0.1, 0.15) is 42.6 Å². The van der Waals surface area contributed by atoms with Crippen molar-refractivity contribution in [3.63, 3.8) is 0 Å². The van der Waals surface area contributed by atoms with Crippen molar-refractivity contribution < 1.29 is 4.79 Å². The van der Waals surface area contributed by atoms with Crippen LogP contribution in [0.25, 0.3) is 0 Å². The summed E-state index contributed by atoms with van der Waals surface area (Å²) in [7, 11) is 0. The number of aryl methyl sites for hydroxylation is 2. The van der Waals surface area contributed by atoms with E-state index in [0.717, 1.165) is 31.7 Å². The number of nitrogens with zero attached hydrogens (tertiary/aromatic N) is 4. The van der Waals surface area contributed by atoms with Crippen molar-refractivity contribution in [1.29, 1.82) is 0 Å². The molecule has 6 heteroatoms. The Hall–Kier alpha value is -2.21. The molecule has 1 N–H and O–H groups in total. The monoisotopic (exact) mass is 353 g/mol. The molecule has 26 heavy (non-hydrogen) atoms. The highest BCUT2D eigenvalue weighted by Crippen LogP contribution is 2.32. The van der Waals surface area contributed by atoms with E-state index in [-0.39, 0.29) is 5.91 Å². The van der Waals surface area contributed by atoms with Crippen molar-refractivity contribution in [2.24, 2.45) is 5.92 Å². The number of rotatable bonds is 6. The lowest BCUT2D eigenvalue weighted by molar-refractivity contribution is -0.121. The van der Waals surface area contributed by atoms with Gasteiger partial charge in [0.1, 0.15) is 0 Å². The number of pyridine rings is 1. The van der Waals surface area contributed by atoms with Crippen LogP contribution in [0.15, 0.2) is 30.6 Å². The molecule has 1 aliphatic carbocycles. The third-order valence-corrected chi connectivity index (χ3v) is 5.54. The van der Waals surface area contributed by atoms with E-state index in [2.05, 4.69) is 44.0 Å². The molecule has 2 aromatic rings. The molecule has 0 saturated heterocycles. The van der Waals surface area contributed by atoms with Crippen LogP contribution in [0.3, 0.4) is 0 Å². The van der Waals surface area contributed by atoms with E-state index in [4.69, 9.17) is 0 Å². The summed E-state index contributed by atoms with van der Waals surface area (Å²) < 4.78 is 2.09. The fourth-order valence-electron chi connectivity index (χ4n) is 3.67. The number of fused-ring (bicyclic) bond motifs is 1. The van der Waals surface area contributed by atoms with Crippen LogP contribution in [0.4, 0.5) is 0 Å². The van der Waals surface area contributed by atoms with Crippen molar-refractivity contribution >= 4 is 5.91 Å². The molecule has 1 amide bonds. The van der Waals surface area contributed by atoms with Crippen molar-refractivity contribution in [1.82, 2.24) is 25.0 Å². The lowest BCUT2D eigenvalue weighted by Crippen LogP contribution is -2.43. The van der Waals surface area contributed by atoms with Crippen LogP contribution in [0.2, 0.25) is 0 Å². The Labute approximate surface area is 154 Å². The largest absolute Gasteiger partial charge is 0.355 e. The van der Waals surface area contributed by atoms with E-state index in [1.165, 1.54) is 24.1 Å². The quantitative estimate of drug-likeness (QED) is 0.865. The van der Waals surface area contributed by atoms with E-state index in [0.29, 0.717) is 24.9 Å². The first-order chi connectivity index (χ1) is 12.7. The summed E-state index contributed by atoms with van der Waals surface area (Å²) in [6.45, 7) is 5.32. The number of carbonyl (C=O) groups is 1. The second kappa shape index (κ2) is 7.58. The lowest BCUT2D eigenvalue weighted by Gasteiger charge is -2.30. The van der Waals surface area contributed by atoms with Gasteiger partial charge in [0.05, 0.1) is 11.4 Å². The van der Waals surface area contributed by atoms with E-state index in [1.807, 2.05) is 18.5 Å².